The monoisotopic (exact) mass is 296 g/mol. The third-order valence-corrected chi connectivity index (χ3v) is 3.67. The molecule has 0 atom stereocenters. The SMILES string of the molecule is CNC1(c2ccc(NC(=O)OC(C)(C)C)cc2Cl)CC1. The average molecular weight is 297 g/mol. The Hall–Kier alpha value is -1.26. The van der Waals surface area contributed by atoms with Crippen molar-refractivity contribution in [3.05, 3.63) is 28.8 Å². The van der Waals surface area contributed by atoms with Crippen LogP contribution in [0.2, 0.25) is 5.02 Å². The van der Waals surface area contributed by atoms with Crippen molar-refractivity contribution in [2.24, 2.45) is 0 Å². The van der Waals surface area contributed by atoms with E-state index in [1.54, 1.807) is 6.07 Å². The molecule has 5 heteroatoms. The van der Waals surface area contributed by atoms with Crippen LogP contribution in [0.5, 0.6) is 0 Å². The standard InChI is InChI=1S/C15H21ClN2O2/c1-14(2,3)20-13(19)18-10-5-6-11(12(16)9-10)15(17-4)7-8-15/h5-6,9,17H,7-8H2,1-4H3,(H,18,19). The second-order valence-corrected chi connectivity index (χ2v) is 6.56. The van der Waals surface area contributed by atoms with E-state index in [9.17, 15) is 4.79 Å². The second kappa shape index (κ2) is 5.26. The fraction of sp³-hybridized carbons (Fsp3) is 0.533. The molecular weight excluding hydrogens is 276 g/mol. The molecule has 2 N–H and O–H groups in total. The number of rotatable bonds is 3. The maximum Gasteiger partial charge on any atom is 0.412 e. The van der Waals surface area contributed by atoms with Crippen molar-refractivity contribution in [2.45, 2.75) is 44.8 Å². The molecule has 20 heavy (non-hydrogen) atoms. The molecular formula is C15H21ClN2O2. The van der Waals surface area contributed by atoms with Crippen molar-refractivity contribution in [2.75, 3.05) is 12.4 Å². The molecule has 0 bridgehead atoms. The van der Waals surface area contributed by atoms with Gasteiger partial charge in [0.15, 0.2) is 0 Å². The summed E-state index contributed by atoms with van der Waals surface area (Å²) in [7, 11) is 1.94. The van der Waals surface area contributed by atoms with E-state index in [2.05, 4.69) is 10.6 Å². The van der Waals surface area contributed by atoms with Gasteiger partial charge in [-0.2, -0.15) is 0 Å². The van der Waals surface area contributed by atoms with Crippen molar-refractivity contribution in [3.8, 4) is 0 Å². The first kappa shape index (κ1) is 15.1. The van der Waals surface area contributed by atoms with Crippen LogP contribution in [0, 0.1) is 0 Å². The van der Waals surface area contributed by atoms with E-state index < -0.39 is 11.7 Å². The molecule has 0 saturated heterocycles. The molecule has 2 rings (SSSR count). The maximum atomic E-state index is 11.7. The predicted molar refractivity (Wildman–Crippen MR) is 81.3 cm³/mol. The van der Waals surface area contributed by atoms with E-state index in [0.29, 0.717) is 10.7 Å². The Kier molecular flexibility index (Phi) is 3.98. The van der Waals surface area contributed by atoms with E-state index in [1.165, 1.54) is 0 Å². The fourth-order valence-electron chi connectivity index (χ4n) is 2.18. The highest BCUT2D eigenvalue weighted by atomic mass is 35.5. The number of halogens is 1. The maximum absolute atomic E-state index is 11.7. The molecule has 0 aliphatic heterocycles. The molecule has 4 nitrogen and oxygen atoms in total. The Bertz CT molecular complexity index is 519. The first-order valence-electron chi connectivity index (χ1n) is 6.75. The molecule has 1 aliphatic rings. The topological polar surface area (TPSA) is 50.4 Å². The van der Waals surface area contributed by atoms with E-state index in [0.717, 1.165) is 18.4 Å². The van der Waals surface area contributed by atoms with Crippen molar-refractivity contribution >= 4 is 23.4 Å². The first-order valence-corrected chi connectivity index (χ1v) is 7.12. The lowest BCUT2D eigenvalue weighted by molar-refractivity contribution is 0.0636. The second-order valence-electron chi connectivity index (χ2n) is 6.15. The number of benzene rings is 1. The summed E-state index contributed by atoms with van der Waals surface area (Å²) in [6, 6.07) is 5.57. The van der Waals surface area contributed by atoms with Crippen LogP contribution in [0.3, 0.4) is 0 Å². The van der Waals surface area contributed by atoms with Crippen LogP contribution in [0.1, 0.15) is 39.2 Å². The van der Waals surface area contributed by atoms with Gasteiger partial charge >= 0.3 is 6.09 Å². The van der Waals surface area contributed by atoms with E-state index in [4.69, 9.17) is 16.3 Å². The summed E-state index contributed by atoms with van der Waals surface area (Å²) in [5.41, 5.74) is 1.22. The Balaban J connectivity index is 2.08. The molecule has 1 fully saturated rings. The van der Waals surface area contributed by atoms with E-state index in [-0.39, 0.29) is 5.54 Å². The van der Waals surface area contributed by atoms with Gasteiger partial charge in [0, 0.05) is 16.2 Å². The lowest BCUT2D eigenvalue weighted by atomic mass is 10.0. The van der Waals surface area contributed by atoms with Gasteiger partial charge in [-0.25, -0.2) is 4.79 Å². The Morgan fingerprint density at radius 3 is 2.45 bits per heavy atom. The van der Waals surface area contributed by atoms with E-state index in [1.807, 2.05) is 40.0 Å². The van der Waals surface area contributed by atoms with Gasteiger partial charge in [0.2, 0.25) is 0 Å². The van der Waals surface area contributed by atoms with Gasteiger partial charge in [0.1, 0.15) is 5.60 Å². The molecule has 0 spiro atoms. The highest BCUT2D eigenvalue weighted by Crippen LogP contribution is 2.48. The zero-order valence-electron chi connectivity index (χ0n) is 12.3. The lowest BCUT2D eigenvalue weighted by Gasteiger charge is -2.20. The first-order chi connectivity index (χ1) is 9.26. The molecule has 0 aromatic heterocycles. The molecule has 110 valence electrons. The number of ether oxygens (including phenoxy) is 1. The number of hydrogen-bond donors (Lipinski definition) is 2. The molecule has 0 unspecified atom stereocenters. The molecule has 1 saturated carbocycles. The van der Waals surface area contributed by atoms with Crippen molar-refractivity contribution in [3.63, 3.8) is 0 Å². The van der Waals surface area contributed by atoms with Gasteiger partial charge in [0.25, 0.3) is 0 Å². The third-order valence-electron chi connectivity index (χ3n) is 3.36. The molecule has 0 radical (unpaired) electrons. The summed E-state index contributed by atoms with van der Waals surface area (Å²) in [5.74, 6) is 0. The summed E-state index contributed by atoms with van der Waals surface area (Å²) in [6.45, 7) is 5.48. The Morgan fingerprint density at radius 1 is 1.35 bits per heavy atom. The zero-order valence-corrected chi connectivity index (χ0v) is 13.1. The lowest BCUT2D eigenvalue weighted by Crippen LogP contribution is -2.27. The van der Waals surface area contributed by atoms with Gasteiger partial charge in [-0.3, -0.25) is 5.32 Å². The summed E-state index contributed by atoms with van der Waals surface area (Å²) in [6.07, 6.45) is 1.69. The molecule has 1 aliphatic carbocycles. The molecule has 1 aromatic rings. The molecule has 1 aromatic carbocycles. The predicted octanol–water partition coefficient (Wildman–Crippen LogP) is 3.90. The van der Waals surface area contributed by atoms with Crippen LogP contribution in [-0.4, -0.2) is 18.7 Å². The minimum atomic E-state index is -0.516. The smallest absolute Gasteiger partial charge is 0.412 e. The van der Waals surface area contributed by atoms with Crippen LogP contribution in [-0.2, 0) is 10.3 Å². The van der Waals surface area contributed by atoms with Crippen molar-refractivity contribution in [1.29, 1.82) is 0 Å². The van der Waals surface area contributed by atoms with Crippen LogP contribution < -0.4 is 10.6 Å². The number of anilines is 1. The highest BCUT2D eigenvalue weighted by molar-refractivity contribution is 6.31. The largest absolute Gasteiger partial charge is 0.444 e. The van der Waals surface area contributed by atoms with Crippen LogP contribution in [0.15, 0.2) is 18.2 Å². The van der Waals surface area contributed by atoms with Gasteiger partial charge in [0.05, 0.1) is 0 Å². The van der Waals surface area contributed by atoms with Gasteiger partial charge in [-0.15, -0.1) is 0 Å². The van der Waals surface area contributed by atoms with Gasteiger partial charge in [-0.05, 0) is 58.4 Å². The number of carbonyl (C=O) groups excluding carboxylic acids is 1. The van der Waals surface area contributed by atoms with Crippen LogP contribution in [0.25, 0.3) is 0 Å². The van der Waals surface area contributed by atoms with Crippen molar-refractivity contribution < 1.29 is 9.53 Å². The third kappa shape index (κ3) is 3.44. The number of nitrogens with one attached hydrogen (secondary N) is 2. The normalized spacial score (nSPS) is 16.6. The summed E-state index contributed by atoms with van der Waals surface area (Å²) >= 11 is 6.32. The van der Waals surface area contributed by atoms with Gasteiger partial charge < -0.3 is 10.1 Å². The summed E-state index contributed by atoms with van der Waals surface area (Å²) < 4.78 is 5.21. The zero-order chi connectivity index (χ0) is 15.0. The fourth-order valence-corrected chi connectivity index (χ4v) is 2.54. The Labute approximate surface area is 124 Å². The molecule has 1 amide bonds. The number of carbonyl (C=O) groups is 1. The average Bonchev–Trinajstić information content (AvgIpc) is 3.07. The number of amides is 1. The number of hydrogen-bond acceptors (Lipinski definition) is 3. The summed E-state index contributed by atoms with van der Waals surface area (Å²) in [5, 5.41) is 6.65. The quantitative estimate of drug-likeness (QED) is 0.889. The van der Waals surface area contributed by atoms with Gasteiger partial charge in [-0.1, -0.05) is 17.7 Å². The van der Waals surface area contributed by atoms with E-state index >= 15 is 0 Å². The highest BCUT2D eigenvalue weighted by Gasteiger charge is 2.44. The minimum absolute atomic E-state index is 0.0154. The summed E-state index contributed by atoms with van der Waals surface area (Å²) in [4.78, 5) is 11.7. The van der Waals surface area contributed by atoms with Crippen molar-refractivity contribution in [1.82, 2.24) is 5.32 Å². The Morgan fingerprint density at radius 2 is 2.00 bits per heavy atom. The minimum Gasteiger partial charge on any atom is -0.444 e. The molecule has 0 heterocycles. The van der Waals surface area contributed by atoms with Crippen LogP contribution >= 0.6 is 11.6 Å². The van der Waals surface area contributed by atoms with Crippen LogP contribution in [0.4, 0.5) is 10.5 Å².